The Balaban J connectivity index is 1.77. The van der Waals surface area contributed by atoms with Crippen LogP contribution in [0.1, 0.15) is 38.5 Å². The van der Waals surface area contributed by atoms with E-state index in [9.17, 15) is 0 Å². The van der Waals surface area contributed by atoms with Crippen LogP contribution in [0, 0.1) is 5.92 Å². The van der Waals surface area contributed by atoms with Gasteiger partial charge in [0.25, 0.3) is 0 Å². The van der Waals surface area contributed by atoms with Gasteiger partial charge in [-0.05, 0) is 43.4 Å². The van der Waals surface area contributed by atoms with Gasteiger partial charge in [0.2, 0.25) is 0 Å². The quantitative estimate of drug-likeness (QED) is 0.849. The summed E-state index contributed by atoms with van der Waals surface area (Å²) in [5.74, 6) is 1.58. The lowest BCUT2D eigenvalue weighted by Crippen LogP contribution is -2.30. The summed E-state index contributed by atoms with van der Waals surface area (Å²) in [5, 5.41) is 0. The molecule has 100 valence electrons. The maximum atomic E-state index is 6.22. The summed E-state index contributed by atoms with van der Waals surface area (Å²) in [6.07, 6.45) is 7.49. The maximum Gasteiger partial charge on any atom is 0.120 e. The SMILES string of the molecule is NC1CCCCCC1CCOc1cccc(Br)c1. The van der Waals surface area contributed by atoms with Crippen molar-refractivity contribution in [2.45, 2.75) is 44.6 Å². The van der Waals surface area contributed by atoms with Crippen molar-refractivity contribution in [1.29, 1.82) is 0 Å². The first kappa shape index (κ1) is 13.9. The Morgan fingerprint density at radius 3 is 2.89 bits per heavy atom. The highest BCUT2D eigenvalue weighted by molar-refractivity contribution is 9.10. The van der Waals surface area contributed by atoms with E-state index in [4.69, 9.17) is 10.5 Å². The average Bonchev–Trinajstić information content (AvgIpc) is 2.55. The second kappa shape index (κ2) is 7.15. The van der Waals surface area contributed by atoms with E-state index in [1.807, 2.05) is 24.3 Å². The van der Waals surface area contributed by atoms with Crippen molar-refractivity contribution < 1.29 is 4.74 Å². The van der Waals surface area contributed by atoms with Gasteiger partial charge < -0.3 is 10.5 Å². The number of hydrogen-bond donors (Lipinski definition) is 1. The second-order valence-corrected chi connectivity index (χ2v) is 6.07. The van der Waals surface area contributed by atoms with Gasteiger partial charge in [0.1, 0.15) is 5.75 Å². The fraction of sp³-hybridized carbons (Fsp3) is 0.600. The lowest BCUT2D eigenvalue weighted by molar-refractivity contribution is 0.254. The highest BCUT2D eigenvalue weighted by Crippen LogP contribution is 2.25. The van der Waals surface area contributed by atoms with Gasteiger partial charge in [0, 0.05) is 10.5 Å². The first-order chi connectivity index (χ1) is 8.75. The standard InChI is InChI=1S/C15H22BrNO/c16-13-6-4-7-14(11-13)18-10-9-12-5-2-1-3-8-15(12)17/h4,6-7,11-12,15H,1-3,5,8-10,17H2. The first-order valence-corrected chi connectivity index (χ1v) is 7.69. The van der Waals surface area contributed by atoms with Crippen LogP contribution in [-0.4, -0.2) is 12.6 Å². The van der Waals surface area contributed by atoms with E-state index in [1.165, 1.54) is 32.1 Å². The Morgan fingerprint density at radius 2 is 2.06 bits per heavy atom. The molecule has 0 aromatic heterocycles. The van der Waals surface area contributed by atoms with E-state index in [2.05, 4.69) is 15.9 Å². The van der Waals surface area contributed by atoms with Gasteiger partial charge in [0.05, 0.1) is 6.61 Å². The predicted octanol–water partition coefficient (Wildman–Crippen LogP) is 4.13. The predicted molar refractivity (Wildman–Crippen MR) is 78.8 cm³/mol. The van der Waals surface area contributed by atoms with Crippen molar-refractivity contribution in [2.75, 3.05) is 6.61 Å². The Labute approximate surface area is 118 Å². The lowest BCUT2D eigenvalue weighted by atomic mass is 9.93. The van der Waals surface area contributed by atoms with E-state index in [0.717, 1.165) is 23.2 Å². The fourth-order valence-corrected chi connectivity index (χ4v) is 3.03. The van der Waals surface area contributed by atoms with Gasteiger partial charge in [-0.25, -0.2) is 0 Å². The molecule has 2 nitrogen and oxygen atoms in total. The maximum absolute atomic E-state index is 6.22. The second-order valence-electron chi connectivity index (χ2n) is 5.16. The Kier molecular flexibility index (Phi) is 5.51. The van der Waals surface area contributed by atoms with Crippen molar-refractivity contribution in [3.05, 3.63) is 28.7 Å². The molecule has 2 atom stereocenters. The van der Waals surface area contributed by atoms with Gasteiger partial charge in [-0.2, -0.15) is 0 Å². The zero-order valence-corrected chi connectivity index (χ0v) is 12.4. The van der Waals surface area contributed by atoms with Crippen molar-refractivity contribution in [1.82, 2.24) is 0 Å². The fourth-order valence-electron chi connectivity index (χ4n) is 2.66. The van der Waals surface area contributed by atoms with Crippen LogP contribution in [0.3, 0.4) is 0 Å². The Bertz CT molecular complexity index is 369. The topological polar surface area (TPSA) is 35.2 Å². The molecule has 0 saturated heterocycles. The van der Waals surface area contributed by atoms with Crippen LogP contribution in [0.15, 0.2) is 28.7 Å². The number of benzene rings is 1. The van der Waals surface area contributed by atoms with Crippen LogP contribution in [0.25, 0.3) is 0 Å². The van der Waals surface area contributed by atoms with E-state index in [-0.39, 0.29) is 0 Å². The van der Waals surface area contributed by atoms with Crippen LogP contribution in [0.4, 0.5) is 0 Å². The molecule has 1 fully saturated rings. The van der Waals surface area contributed by atoms with E-state index in [0.29, 0.717) is 12.0 Å². The average molecular weight is 312 g/mol. The summed E-state index contributed by atoms with van der Waals surface area (Å²) in [4.78, 5) is 0. The Hall–Kier alpha value is -0.540. The molecule has 2 unspecified atom stereocenters. The molecule has 1 aromatic carbocycles. The lowest BCUT2D eigenvalue weighted by Gasteiger charge is -2.21. The van der Waals surface area contributed by atoms with Crippen molar-refractivity contribution in [3.63, 3.8) is 0 Å². The van der Waals surface area contributed by atoms with Crippen LogP contribution in [0.5, 0.6) is 5.75 Å². The largest absolute Gasteiger partial charge is 0.494 e. The molecule has 1 aromatic rings. The van der Waals surface area contributed by atoms with E-state index >= 15 is 0 Å². The minimum absolute atomic E-state index is 0.374. The Morgan fingerprint density at radius 1 is 1.22 bits per heavy atom. The molecule has 0 bridgehead atoms. The minimum Gasteiger partial charge on any atom is -0.494 e. The molecule has 2 N–H and O–H groups in total. The van der Waals surface area contributed by atoms with Crippen LogP contribution < -0.4 is 10.5 Å². The van der Waals surface area contributed by atoms with Crippen LogP contribution in [0.2, 0.25) is 0 Å². The van der Waals surface area contributed by atoms with Crippen molar-refractivity contribution in [3.8, 4) is 5.75 Å². The van der Waals surface area contributed by atoms with Gasteiger partial charge in [-0.3, -0.25) is 0 Å². The molecule has 0 amide bonds. The van der Waals surface area contributed by atoms with Gasteiger partial charge >= 0.3 is 0 Å². The molecule has 0 radical (unpaired) electrons. The third-order valence-corrected chi connectivity index (χ3v) is 4.26. The van der Waals surface area contributed by atoms with Gasteiger partial charge in [-0.15, -0.1) is 0 Å². The first-order valence-electron chi connectivity index (χ1n) is 6.89. The third-order valence-electron chi connectivity index (χ3n) is 3.77. The zero-order chi connectivity index (χ0) is 12.8. The molecule has 18 heavy (non-hydrogen) atoms. The summed E-state index contributed by atoms with van der Waals surface area (Å²) in [5.41, 5.74) is 6.22. The number of hydrogen-bond acceptors (Lipinski definition) is 2. The van der Waals surface area contributed by atoms with E-state index in [1.54, 1.807) is 0 Å². The molecule has 0 spiro atoms. The summed E-state index contributed by atoms with van der Waals surface area (Å²) in [6, 6.07) is 8.38. The summed E-state index contributed by atoms with van der Waals surface area (Å²) < 4.78 is 6.85. The molecule has 3 heteroatoms. The number of rotatable bonds is 4. The smallest absolute Gasteiger partial charge is 0.120 e. The molecule has 0 aliphatic heterocycles. The van der Waals surface area contributed by atoms with Crippen LogP contribution in [-0.2, 0) is 0 Å². The molecular weight excluding hydrogens is 290 g/mol. The zero-order valence-electron chi connectivity index (χ0n) is 10.8. The number of ether oxygens (including phenoxy) is 1. The summed E-state index contributed by atoms with van der Waals surface area (Å²) >= 11 is 3.45. The molecule has 1 aliphatic rings. The highest BCUT2D eigenvalue weighted by Gasteiger charge is 2.20. The number of halogens is 1. The van der Waals surface area contributed by atoms with E-state index < -0.39 is 0 Å². The van der Waals surface area contributed by atoms with Crippen molar-refractivity contribution >= 4 is 15.9 Å². The van der Waals surface area contributed by atoms with Gasteiger partial charge in [-0.1, -0.05) is 41.3 Å². The van der Waals surface area contributed by atoms with Gasteiger partial charge in [0.15, 0.2) is 0 Å². The molecule has 2 rings (SSSR count). The molecule has 1 saturated carbocycles. The minimum atomic E-state index is 0.374. The summed E-state index contributed by atoms with van der Waals surface area (Å²) in [7, 11) is 0. The van der Waals surface area contributed by atoms with Crippen molar-refractivity contribution in [2.24, 2.45) is 11.7 Å². The monoisotopic (exact) mass is 311 g/mol. The molecular formula is C15H22BrNO. The van der Waals surface area contributed by atoms with Crippen LogP contribution >= 0.6 is 15.9 Å². The third kappa shape index (κ3) is 4.29. The molecule has 1 aliphatic carbocycles. The molecule has 0 heterocycles. The highest BCUT2D eigenvalue weighted by atomic mass is 79.9. The number of nitrogens with two attached hydrogens (primary N) is 1. The summed E-state index contributed by atoms with van der Waals surface area (Å²) in [6.45, 7) is 0.773. The normalized spacial score (nSPS) is 24.6.